The normalized spacial score (nSPS) is 25.8. The Balaban J connectivity index is 1.65. The van der Waals surface area contributed by atoms with E-state index in [0.29, 0.717) is 36.5 Å². The molecule has 4 fully saturated rings. The van der Waals surface area contributed by atoms with E-state index in [4.69, 9.17) is 16.3 Å². The summed E-state index contributed by atoms with van der Waals surface area (Å²) in [4.78, 5) is 53.7. The number of carbonyl (C=O) groups excluding carboxylic acids is 4. The number of benzene rings is 1. The van der Waals surface area contributed by atoms with Gasteiger partial charge in [-0.15, -0.1) is 0 Å². The average molecular weight is 641 g/mol. The Kier molecular flexibility index (Phi) is 10.9. The number of carbonyl (C=O) groups is 4. The van der Waals surface area contributed by atoms with Crippen LogP contribution in [0.1, 0.15) is 59.3 Å². The van der Waals surface area contributed by atoms with Gasteiger partial charge in [0, 0.05) is 35.6 Å². The van der Waals surface area contributed by atoms with Crippen molar-refractivity contribution in [3.8, 4) is 0 Å². The number of anilines is 1. The van der Waals surface area contributed by atoms with Crippen LogP contribution in [-0.2, 0) is 23.9 Å². The molecule has 6 atom stereocenters. The van der Waals surface area contributed by atoms with E-state index in [9.17, 15) is 23.6 Å². The van der Waals surface area contributed by atoms with E-state index in [1.807, 2.05) is 13.8 Å². The second-order valence-corrected chi connectivity index (χ2v) is 12.6. The topological polar surface area (TPSA) is 117 Å². The molecule has 1 aromatic carbocycles. The zero-order chi connectivity index (χ0) is 32.2. The van der Waals surface area contributed by atoms with Crippen molar-refractivity contribution in [2.24, 2.45) is 17.8 Å². The first-order chi connectivity index (χ1) is 20.8. The van der Waals surface area contributed by atoms with Crippen molar-refractivity contribution >= 4 is 41.0 Å². The number of halogens is 4. The number of nitrogens with one attached hydrogen (secondary N) is 3. The molecule has 3 aliphatic heterocycles. The van der Waals surface area contributed by atoms with Gasteiger partial charge < -0.3 is 25.6 Å². The van der Waals surface area contributed by atoms with Gasteiger partial charge in [-0.3, -0.25) is 14.4 Å². The van der Waals surface area contributed by atoms with Gasteiger partial charge in [-0.2, -0.15) is 4.39 Å². The summed E-state index contributed by atoms with van der Waals surface area (Å²) in [6.07, 6.45) is 1.32. The zero-order valence-electron chi connectivity index (χ0n) is 25.1. The molecule has 242 valence electrons. The van der Waals surface area contributed by atoms with Gasteiger partial charge in [0.1, 0.15) is 12.1 Å². The highest BCUT2D eigenvalue weighted by molar-refractivity contribution is 6.30. The first-order valence-corrected chi connectivity index (χ1v) is 15.5. The van der Waals surface area contributed by atoms with Gasteiger partial charge in [0.25, 0.3) is 5.92 Å². The molecule has 9 nitrogen and oxygen atoms in total. The molecule has 13 heteroatoms. The maximum atomic E-state index is 15.3. The summed E-state index contributed by atoms with van der Waals surface area (Å²) in [5.74, 6) is -9.42. The van der Waals surface area contributed by atoms with Crippen molar-refractivity contribution in [2.75, 3.05) is 18.5 Å². The SMILES string of the molecule is CCOC(=O)/C(F)=C\[C@H](C[C@H]1CCNC1=O)NC(=O)[C@@H]1[C@H]2CC[C@H](CC2(F)F)N1C(=O)[C@@H](CC(C)C)Nc1cccc(Cl)c1. The lowest BCUT2D eigenvalue weighted by Gasteiger charge is -2.54. The number of amides is 3. The van der Waals surface area contributed by atoms with Crippen LogP contribution in [0.5, 0.6) is 0 Å². The van der Waals surface area contributed by atoms with Gasteiger partial charge in [0.05, 0.1) is 18.6 Å². The lowest BCUT2D eigenvalue weighted by molar-refractivity contribution is -0.194. The highest BCUT2D eigenvalue weighted by Gasteiger charge is 2.61. The number of ether oxygens (including phenoxy) is 1. The fourth-order valence-corrected chi connectivity index (χ4v) is 6.72. The number of piperidine rings is 2. The Hall–Kier alpha value is -3.28. The molecular weight excluding hydrogens is 601 g/mol. The first-order valence-electron chi connectivity index (χ1n) is 15.1. The average Bonchev–Trinajstić information content (AvgIpc) is 3.35. The zero-order valence-corrected chi connectivity index (χ0v) is 25.8. The summed E-state index contributed by atoms with van der Waals surface area (Å²) in [7, 11) is 0. The predicted octanol–water partition coefficient (Wildman–Crippen LogP) is 4.61. The van der Waals surface area contributed by atoms with Crippen LogP contribution in [0.15, 0.2) is 36.2 Å². The predicted molar refractivity (Wildman–Crippen MR) is 159 cm³/mol. The molecule has 1 aliphatic carbocycles. The van der Waals surface area contributed by atoms with Crippen LogP contribution in [0.2, 0.25) is 5.02 Å². The fourth-order valence-electron chi connectivity index (χ4n) is 6.53. The summed E-state index contributed by atoms with van der Waals surface area (Å²) in [5, 5.41) is 8.90. The summed E-state index contributed by atoms with van der Waals surface area (Å²) in [6, 6.07) is 2.33. The fraction of sp³-hybridized carbons (Fsp3) is 0.613. The molecule has 0 radical (unpaired) electrons. The van der Waals surface area contributed by atoms with Gasteiger partial charge >= 0.3 is 5.97 Å². The number of hydrogen-bond acceptors (Lipinski definition) is 6. The minimum absolute atomic E-state index is 0.0266. The third-order valence-electron chi connectivity index (χ3n) is 8.48. The van der Waals surface area contributed by atoms with E-state index < -0.39 is 72.0 Å². The summed E-state index contributed by atoms with van der Waals surface area (Å²) >= 11 is 6.14. The molecule has 1 saturated carbocycles. The molecule has 4 aliphatic rings. The highest BCUT2D eigenvalue weighted by Crippen LogP contribution is 2.49. The second-order valence-electron chi connectivity index (χ2n) is 12.2. The van der Waals surface area contributed by atoms with Gasteiger partial charge in [0.2, 0.25) is 23.5 Å². The lowest BCUT2D eigenvalue weighted by atomic mass is 9.71. The summed E-state index contributed by atoms with van der Waals surface area (Å²) in [5.41, 5.74) is 0.569. The van der Waals surface area contributed by atoms with Crippen molar-refractivity contribution in [3.63, 3.8) is 0 Å². The molecule has 2 bridgehead atoms. The smallest absolute Gasteiger partial charge is 0.366 e. The number of alkyl halides is 2. The monoisotopic (exact) mass is 640 g/mol. The van der Waals surface area contributed by atoms with E-state index in [1.54, 1.807) is 24.3 Å². The van der Waals surface area contributed by atoms with Crippen molar-refractivity contribution in [3.05, 3.63) is 41.2 Å². The van der Waals surface area contributed by atoms with E-state index in [-0.39, 0.29) is 31.3 Å². The quantitative estimate of drug-likeness (QED) is 0.227. The van der Waals surface area contributed by atoms with Gasteiger partial charge in [-0.25, -0.2) is 13.6 Å². The van der Waals surface area contributed by atoms with Crippen LogP contribution in [0.4, 0.5) is 18.9 Å². The highest BCUT2D eigenvalue weighted by atomic mass is 35.5. The van der Waals surface area contributed by atoms with Crippen LogP contribution in [-0.4, -0.2) is 71.8 Å². The molecule has 3 amide bonds. The van der Waals surface area contributed by atoms with E-state index in [0.717, 1.165) is 6.08 Å². The number of rotatable bonds is 12. The van der Waals surface area contributed by atoms with Crippen LogP contribution < -0.4 is 16.0 Å². The second kappa shape index (κ2) is 14.2. The lowest BCUT2D eigenvalue weighted by Crippen LogP contribution is -2.70. The minimum Gasteiger partial charge on any atom is -0.461 e. The van der Waals surface area contributed by atoms with Crippen molar-refractivity contribution in [2.45, 2.75) is 89.4 Å². The van der Waals surface area contributed by atoms with Gasteiger partial charge in [-0.1, -0.05) is 31.5 Å². The minimum atomic E-state index is -3.21. The third-order valence-corrected chi connectivity index (χ3v) is 8.71. The van der Waals surface area contributed by atoms with E-state index in [2.05, 4.69) is 16.0 Å². The molecule has 3 N–H and O–H groups in total. The number of esters is 1. The Bertz CT molecular complexity index is 1280. The van der Waals surface area contributed by atoms with Crippen LogP contribution in [0, 0.1) is 17.8 Å². The molecule has 0 unspecified atom stereocenters. The molecule has 5 rings (SSSR count). The molecule has 0 aromatic heterocycles. The first kappa shape index (κ1) is 33.6. The summed E-state index contributed by atoms with van der Waals surface area (Å²) < 4.78 is 50.1. The molecule has 3 heterocycles. The standard InChI is InChI=1S/C31H40ClF3N4O5/c1-4-44-30(43)24(33)15-21(13-18-10-11-36-27(18)40)38-28(41)26-23-9-8-22(16-31(23,34)35)39(26)29(42)25(12-17(2)3)37-20-7-5-6-19(32)14-20/h5-7,14-15,17-18,21-23,25-26,37H,4,8-13,16H2,1-3H3,(H,36,40)(H,38,41)/b24-15+/t18-,21+,22-,23-,25-,26+/m1/s1. The Morgan fingerprint density at radius 2 is 1.98 bits per heavy atom. The third kappa shape index (κ3) is 7.86. The van der Waals surface area contributed by atoms with Crippen molar-refractivity contribution in [1.82, 2.24) is 15.5 Å². The maximum absolute atomic E-state index is 15.3. The Morgan fingerprint density at radius 1 is 1.23 bits per heavy atom. The molecular formula is C31H40ClF3N4O5. The molecule has 3 saturated heterocycles. The number of nitrogens with zero attached hydrogens (tertiary/aromatic N) is 1. The molecule has 0 spiro atoms. The van der Waals surface area contributed by atoms with Crippen LogP contribution in [0.3, 0.4) is 0 Å². The molecule has 44 heavy (non-hydrogen) atoms. The van der Waals surface area contributed by atoms with Crippen molar-refractivity contribution < 1.29 is 37.1 Å². The Labute approximate surface area is 260 Å². The van der Waals surface area contributed by atoms with Crippen molar-refractivity contribution in [1.29, 1.82) is 0 Å². The van der Waals surface area contributed by atoms with E-state index in [1.165, 1.54) is 11.8 Å². The number of fused-ring (bicyclic) bond motifs is 3. The maximum Gasteiger partial charge on any atom is 0.366 e. The summed E-state index contributed by atoms with van der Waals surface area (Å²) in [6.45, 7) is 5.67. The van der Waals surface area contributed by atoms with E-state index >= 15 is 8.78 Å². The van der Waals surface area contributed by atoms with Crippen LogP contribution >= 0.6 is 11.6 Å². The number of hydrogen-bond donors (Lipinski definition) is 3. The largest absolute Gasteiger partial charge is 0.461 e. The van der Waals surface area contributed by atoms with Crippen LogP contribution in [0.25, 0.3) is 0 Å². The van der Waals surface area contributed by atoms with Gasteiger partial charge in [-0.05, 0) is 69.2 Å². The Morgan fingerprint density at radius 3 is 2.59 bits per heavy atom. The van der Waals surface area contributed by atoms with Gasteiger partial charge in [0.15, 0.2) is 0 Å². The molecule has 1 aromatic rings.